The van der Waals surface area contributed by atoms with E-state index in [2.05, 4.69) is 21.2 Å². The van der Waals surface area contributed by atoms with E-state index in [4.69, 9.17) is 11.6 Å². The lowest BCUT2D eigenvalue weighted by atomic mass is 10.0. The zero-order valence-corrected chi connectivity index (χ0v) is 28.5. The van der Waals surface area contributed by atoms with E-state index in [0.29, 0.717) is 11.6 Å². The van der Waals surface area contributed by atoms with Crippen molar-refractivity contribution in [2.45, 2.75) is 50.6 Å². The van der Waals surface area contributed by atoms with E-state index in [1.807, 2.05) is 68.4 Å². The third kappa shape index (κ3) is 9.42. The van der Waals surface area contributed by atoms with Crippen LogP contribution in [0.25, 0.3) is 0 Å². The highest BCUT2D eigenvalue weighted by atomic mass is 79.9. The van der Waals surface area contributed by atoms with Gasteiger partial charge in [0.05, 0.1) is 10.6 Å². The van der Waals surface area contributed by atoms with Gasteiger partial charge in [-0.25, -0.2) is 8.42 Å². The Balaban J connectivity index is 1.78. The Morgan fingerprint density at radius 3 is 2.22 bits per heavy atom. The monoisotopic (exact) mass is 709 g/mol. The van der Waals surface area contributed by atoms with E-state index >= 15 is 0 Å². The zero-order valence-electron chi connectivity index (χ0n) is 25.3. The zero-order chi connectivity index (χ0) is 32.4. The maximum absolute atomic E-state index is 14.5. The second-order valence-corrected chi connectivity index (χ2v) is 14.0. The molecule has 1 atom stereocenters. The van der Waals surface area contributed by atoms with Crippen LogP contribution in [0.1, 0.15) is 36.5 Å². The minimum absolute atomic E-state index is 0.0403. The lowest BCUT2D eigenvalue weighted by Crippen LogP contribution is -2.53. The topological polar surface area (TPSA) is 86.8 Å². The van der Waals surface area contributed by atoms with Gasteiger partial charge in [-0.05, 0) is 66.9 Å². The number of benzene rings is 4. The van der Waals surface area contributed by atoms with Crippen LogP contribution >= 0.6 is 27.5 Å². The summed E-state index contributed by atoms with van der Waals surface area (Å²) in [6.45, 7) is 3.93. The fourth-order valence-corrected chi connectivity index (χ4v) is 6.70. The number of sulfonamides is 1. The lowest BCUT2D eigenvalue weighted by Gasteiger charge is -2.34. The molecule has 4 aromatic rings. The molecule has 0 aliphatic carbocycles. The largest absolute Gasteiger partial charge is 0.354 e. The molecule has 7 nitrogen and oxygen atoms in total. The number of unbranched alkanes of at least 4 members (excludes halogenated alkanes) is 1. The fraction of sp³-hybridized carbons (Fsp3) is 0.257. The molecule has 0 heterocycles. The molecule has 0 aromatic heterocycles. The Morgan fingerprint density at radius 2 is 1.58 bits per heavy atom. The number of nitrogens with one attached hydrogen (secondary N) is 1. The first kappa shape index (κ1) is 34.2. The number of halogens is 2. The van der Waals surface area contributed by atoms with Gasteiger partial charge in [0.15, 0.2) is 0 Å². The van der Waals surface area contributed by atoms with Gasteiger partial charge in [0.25, 0.3) is 10.0 Å². The van der Waals surface area contributed by atoms with Crippen LogP contribution in [0.3, 0.4) is 0 Å². The number of nitrogens with zero attached hydrogens (tertiary/aromatic N) is 2. The van der Waals surface area contributed by atoms with Crippen LogP contribution in [-0.2, 0) is 32.6 Å². The number of carbonyl (C=O) groups excluding carboxylic acids is 2. The fourth-order valence-electron chi connectivity index (χ4n) is 4.84. The third-order valence-electron chi connectivity index (χ3n) is 7.35. The smallest absolute Gasteiger partial charge is 0.264 e. The molecule has 4 aromatic carbocycles. The molecular weight excluding hydrogens is 674 g/mol. The van der Waals surface area contributed by atoms with Crippen molar-refractivity contribution in [3.63, 3.8) is 0 Å². The molecule has 0 aliphatic rings. The molecule has 0 fully saturated rings. The molecule has 45 heavy (non-hydrogen) atoms. The average Bonchev–Trinajstić information content (AvgIpc) is 3.03. The molecule has 0 saturated heterocycles. The van der Waals surface area contributed by atoms with Crippen LogP contribution < -0.4 is 9.62 Å². The van der Waals surface area contributed by atoms with Gasteiger partial charge in [-0.3, -0.25) is 13.9 Å². The minimum Gasteiger partial charge on any atom is -0.354 e. The first-order valence-electron chi connectivity index (χ1n) is 14.8. The molecule has 2 amide bonds. The van der Waals surface area contributed by atoms with E-state index < -0.39 is 28.5 Å². The summed E-state index contributed by atoms with van der Waals surface area (Å²) >= 11 is 9.75. The highest BCUT2D eigenvalue weighted by molar-refractivity contribution is 9.10. The van der Waals surface area contributed by atoms with Gasteiger partial charge < -0.3 is 10.2 Å². The maximum atomic E-state index is 14.5. The predicted octanol–water partition coefficient (Wildman–Crippen LogP) is 7.16. The van der Waals surface area contributed by atoms with Crippen molar-refractivity contribution in [3.8, 4) is 0 Å². The van der Waals surface area contributed by atoms with Gasteiger partial charge in [-0.1, -0.05) is 107 Å². The maximum Gasteiger partial charge on any atom is 0.264 e. The molecule has 10 heteroatoms. The molecule has 236 valence electrons. The summed E-state index contributed by atoms with van der Waals surface area (Å²) in [6.07, 6.45) is 1.95. The lowest BCUT2D eigenvalue weighted by molar-refractivity contribution is -0.140. The van der Waals surface area contributed by atoms with Gasteiger partial charge in [0.1, 0.15) is 12.6 Å². The molecule has 0 saturated carbocycles. The van der Waals surface area contributed by atoms with E-state index in [1.54, 1.807) is 30.3 Å². The first-order valence-corrected chi connectivity index (χ1v) is 17.4. The molecule has 0 aliphatic heterocycles. The number of carbonyl (C=O) groups is 2. The van der Waals surface area contributed by atoms with Crippen molar-refractivity contribution >= 4 is 55.1 Å². The van der Waals surface area contributed by atoms with E-state index in [9.17, 15) is 18.0 Å². The highest BCUT2D eigenvalue weighted by Crippen LogP contribution is 2.27. The average molecular weight is 711 g/mol. The molecule has 0 radical (unpaired) electrons. The van der Waals surface area contributed by atoms with Gasteiger partial charge in [-0.2, -0.15) is 0 Å². The van der Waals surface area contributed by atoms with Crippen molar-refractivity contribution < 1.29 is 18.0 Å². The van der Waals surface area contributed by atoms with Gasteiger partial charge in [0, 0.05) is 29.0 Å². The van der Waals surface area contributed by atoms with Gasteiger partial charge >= 0.3 is 0 Å². The quantitative estimate of drug-likeness (QED) is 0.141. The second kappa shape index (κ2) is 16.1. The van der Waals surface area contributed by atoms with Crippen molar-refractivity contribution in [2.24, 2.45) is 0 Å². The molecule has 0 spiro atoms. The Bertz CT molecular complexity index is 1680. The van der Waals surface area contributed by atoms with Crippen LogP contribution in [0.4, 0.5) is 5.69 Å². The Hall–Kier alpha value is -3.66. The Labute approximate surface area is 279 Å². The summed E-state index contributed by atoms with van der Waals surface area (Å²) in [5, 5.41) is 3.33. The number of hydrogen-bond acceptors (Lipinski definition) is 4. The van der Waals surface area contributed by atoms with Crippen LogP contribution in [0, 0.1) is 6.92 Å². The first-order chi connectivity index (χ1) is 21.6. The predicted molar refractivity (Wildman–Crippen MR) is 184 cm³/mol. The van der Waals surface area contributed by atoms with E-state index in [1.165, 1.54) is 23.1 Å². The summed E-state index contributed by atoms with van der Waals surface area (Å²) in [5.74, 6) is -0.825. The number of rotatable bonds is 14. The van der Waals surface area contributed by atoms with Crippen LogP contribution in [0.2, 0.25) is 5.02 Å². The number of amides is 2. The summed E-state index contributed by atoms with van der Waals surface area (Å²) in [6, 6.07) is 28.9. The minimum atomic E-state index is -4.20. The van der Waals surface area contributed by atoms with Crippen molar-refractivity contribution in [3.05, 3.63) is 129 Å². The summed E-state index contributed by atoms with van der Waals surface area (Å²) < 4.78 is 30.2. The number of hydrogen-bond donors (Lipinski definition) is 1. The summed E-state index contributed by atoms with van der Waals surface area (Å²) in [5.41, 5.74) is 2.81. The Morgan fingerprint density at radius 1 is 0.889 bits per heavy atom. The van der Waals surface area contributed by atoms with Gasteiger partial charge in [0.2, 0.25) is 11.8 Å². The molecular formula is C35H37BrClN3O4S. The molecule has 0 bridgehead atoms. The molecule has 1 N–H and O–H groups in total. The summed E-state index contributed by atoms with van der Waals surface area (Å²) in [4.78, 5) is 29.8. The number of aryl methyl sites for hydroxylation is 1. The van der Waals surface area contributed by atoms with Crippen molar-refractivity contribution in [1.82, 2.24) is 10.2 Å². The van der Waals surface area contributed by atoms with Gasteiger partial charge in [-0.15, -0.1) is 0 Å². The second-order valence-electron chi connectivity index (χ2n) is 10.8. The van der Waals surface area contributed by atoms with Crippen molar-refractivity contribution in [1.29, 1.82) is 0 Å². The molecule has 0 unspecified atom stereocenters. The van der Waals surface area contributed by atoms with Crippen LogP contribution in [0.15, 0.2) is 112 Å². The van der Waals surface area contributed by atoms with Crippen molar-refractivity contribution in [2.75, 3.05) is 17.4 Å². The Kier molecular flexibility index (Phi) is 12.2. The van der Waals surface area contributed by atoms with E-state index in [-0.39, 0.29) is 29.5 Å². The van der Waals surface area contributed by atoms with Crippen LogP contribution in [-0.4, -0.2) is 44.3 Å². The molecule has 4 rings (SSSR count). The normalized spacial score (nSPS) is 11.9. The van der Waals surface area contributed by atoms with E-state index in [0.717, 1.165) is 38.3 Å². The number of anilines is 1. The van der Waals surface area contributed by atoms with Crippen LogP contribution in [0.5, 0.6) is 0 Å². The highest BCUT2D eigenvalue weighted by Gasteiger charge is 2.34. The standard InChI is InChI=1S/C35H37BrClN3O4S/c1-3-4-21-38-35(42)33(22-27-9-6-5-7-10-27)39(24-28-15-17-29(36)18-16-28)34(41)25-40(31-12-8-11-30(37)23-31)45(43,44)32-19-13-26(2)14-20-32/h5-20,23,33H,3-4,21-22,24-25H2,1-2H3,(H,38,42)/t33-/m0/s1. The summed E-state index contributed by atoms with van der Waals surface area (Å²) in [7, 11) is -4.20. The SMILES string of the molecule is CCCCNC(=O)[C@H](Cc1ccccc1)N(Cc1ccc(Br)cc1)C(=O)CN(c1cccc(Cl)c1)S(=O)(=O)c1ccc(C)cc1. The third-order valence-corrected chi connectivity index (χ3v) is 9.90.